The molecule has 9 heteroatoms. The van der Waals surface area contributed by atoms with Crippen molar-refractivity contribution >= 4 is 29.7 Å². The number of methoxy groups -OCH3 is 1. The molecule has 0 spiro atoms. The van der Waals surface area contributed by atoms with Gasteiger partial charge in [-0.2, -0.15) is 0 Å². The Hall–Kier alpha value is -3.36. The summed E-state index contributed by atoms with van der Waals surface area (Å²) in [5, 5.41) is 8.35. The number of piperidine rings is 1. The molecule has 1 aromatic rings. The van der Waals surface area contributed by atoms with Gasteiger partial charge in [0, 0.05) is 30.0 Å². The van der Waals surface area contributed by atoms with Crippen molar-refractivity contribution in [3.8, 4) is 5.75 Å². The van der Waals surface area contributed by atoms with E-state index in [0.29, 0.717) is 43.0 Å². The first-order valence-electron chi connectivity index (χ1n) is 11.9. The van der Waals surface area contributed by atoms with E-state index in [1.54, 1.807) is 13.2 Å². The number of fused-ring (bicyclic) bond motifs is 1. The fourth-order valence-corrected chi connectivity index (χ4v) is 4.69. The maximum Gasteiger partial charge on any atom is 0.248 e. The Morgan fingerprint density at radius 3 is 2.62 bits per heavy atom. The van der Waals surface area contributed by atoms with Crippen molar-refractivity contribution in [3.63, 3.8) is 0 Å². The van der Waals surface area contributed by atoms with Gasteiger partial charge in [0.05, 0.1) is 7.11 Å². The topological polar surface area (TPSA) is 140 Å². The molecular formula is C25H32N4O5. The first-order valence-corrected chi connectivity index (χ1v) is 11.9. The number of amides is 4. The lowest BCUT2D eigenvalue weighted by Crippen LogP contribution is -2.54. The lowest BCUT2D eigenvalue weighted by molar-refractivity contribution is -0.132. The van der Waals surface area contributed by atoms with Gasteiger partial charge in [0.25, 0.3) is 0 Å². The molecule has 2 aliphatic carbocycles. The smallest absolute Gasteiger partial charge is 0.248 e. The fraction of sp³-hybridized carbons (Fsp3) is 0.520. The van der Waals surface area contributed by atoms with Gasteiger partial charge in [-0.3, -0.25) is 19.2 Å². The number of benzene rings is 1. The number of primary amides is 1. The van der Waals surface area contributed by atoms with Crippen molar-refractivity contribution in [1.29, 1.82) is 0 Å². The van der Waals surface area contributed by atoms with Gasteiger partial charge in [0.1, 0.15) is 17.8 Å². The molecule has 1 saturated carbocycles. The highest BCUT2D eigenvalue weighted by Crippen LogP contribution is 2.35. The molecule has 1 unspecified atom stereocenters. The maximum absolute atomic E-state index is 13.1. The lowest BCUT2D eigenvalue weighted by Gasteiger charge is -2.27. The Bertz CT molecular complexity index is 1020. The van der Waals surface area contributed by atoms with Crippen LogP contribution in [0.15, 0.2) is 23.8 Å². The van der Waals surface area contributed by atoms with Crippen molar-refractivity contribution in [2.45, 2.75) is 57.0 Å². The van der Waals surface area contributed by atoms with Gasteiger partial charge < -0.3 is 26.4 Å². The summed E-state index contributed by atoms with van der Waals surface area (Å²) in [5.41, 5.74) is 7.96. The number of nitrogens with two attached hydrogens (primary N) is 1. The normalized spacial score (nSPS) is 20.9. The third-order valence-electron chi connectivity index (χ3n) is 6.83. The second-order valence-electron chi connectivity index (χ2n) is 9.41. The lowest BCUT2D eigenvalue weighted by atomic mass is 9.91. The molecule has 0 aromatic heterocycles. The molecule has 1 saturated heterocycles. The van der Waals surface area contributed by atoms with E-state index in [9.17, 15) is 19.2 Å². The Labute approximate surface area is 198 Å². The van der Waals surface area contributed by atoms with Crippen molar-refractivity contribution in [2.75, 3.05) is 13.7 Å². The van der Waals surface area contributed by atoms with E-state index < -0.39 is 23.9 Å². The average molecular weight is 469 g/mol. The summed E-state index contributed by atoms with van der Waals surface area (Å²) in [7, 11) is 1.59. The van der Waals surface area contributed by atoms with Crippen LogP contribution in [0.4, 0.5) is 0 Å². The minimum Gasteiger partial charge on any atom is -0.496 e. The molecule has 2 fully saturated rings. The van der Waals surface area contributed by atoms with Crippen LogP contribution in [-0.4, -0.2) is 49.4 Å². The predicted octanol–water partition coefficient (Wildman–Crippen LogP) is 0.806. The van der Waals surface area contributed by atoms with Gasteiger partial charge in [0.15, 0.2) is 0 Å². The van der Waals surface area contributed by atoms with Crippen LogP contribution < -0.4 is 26.4 Å². The number of nitrogens with one attached hydrogen (secondary N) is 3. The fourth-order valence-electron chi connectivity index (χ4n) is 4.69. The third kappa shape index (κ3) is 5.58. The summed E-state index contributed by atoms with van der Waals surface area (Å²) < 4.78 is 5.39. The van der Waals surface area contributed by atoms with E-state index in [2.05, 4.69) is 16.0 Å². The van der Waals surface area contributed by atoms with Crippen molar-refractivity contribution in [2.24, 2.45) is 17.6 Å². The van der Waals surface area contributed by atoms with Gasteiger partial charge in [-0.25, -0.2) is 0 Å². The zero-order chi connectivity index (χ0) is 24.2. The van der Waals surface area contributed by atoms with Crippen molar-refractivity contribution < 1.29 is 23.9 Å². The van der Waals surface area contributed by atoms with Crippen LogP contribution in [0.5, 0.6) is 5.75 Å². The van der Waals surface area contributed by atoms with E-state index in [4.69, 9.17) is 10.5 Å². The highest BCUT2D eigenvalue weighted by Gasteiger charge is 2.35. The summed E-state index contributed by atoms with van der Waals surface area (Å²) in [5.74, 6) is -0.900. The third-order valence-corrected chi connectivity index (χ3v) is 6.83. The summed E-state index contributed by atoms with van der Waals surface area (Å²) in [4.78, 5) is 50.4. The van der Waals surface area contributed by atoms with Crippen LogP contribution >= 0.6 is 0 Å². The molecule has 1 aliphatic heterocycles. The van der Waals surface area contributed by atoms with Gasteiger partial charge in [0.2, 0.25) is 23.6 Å². The largest absolute Gasteiger partial charge is 0.496 e. The minimum atomic E-state index is -0.973. The molecule has 4 rings (SSSR count). The van der Waals surface area contributed by atoms with Gasteiger partial charge in [-0.05, 0) is 49.3 Å². The summed E-state index contributed by atoms with van der Waals surface area (Å²) in [6, 6.07) is 3.91. The van der Waals surface area contributed by atoms with Gasteiger partial charge in [-0.15, -0.1) is 0 Å². The van der Waals surface area contributed by atoms with Gasteiger partial charge >= 0.3 is 0 Å². The van der Waals surface area contributed by atoms with E-state index in [-0.39, 0.29) is 24.2 Å². The van der Waals surface area contributed by atoms with E-state index >= 15 is 0 Å². The van der Waals surface area contributed by atoms with Crippen LogP contribution in [0, 0.1) is 11.8 Å². The number of ether oxygens (including phenoxy) is 1. The Morgan fingerprint density at radius 2 is 1.94 bits per heavy atom. The molecule has 182 valence electrons. The molecule has 1 aromatic carbocycles. The molecule has 1 heterocycles. The average Bonchev–Trinajstić information content (AvgIpc) is 3.52. The molecule has 3 atom stereocenters. The standard InChI is InChI=1S/C25H32N4O5/c1-34-21-6-2-4-15-11-17(12-18(15)21)24(32)29-20(10-14-7-8-14)25(33)28-19(22(26)30)13-16-5-3-9-27-23(16)31/h2,4,6,12,14,16,19-20H,3,5,7-11,13H2,1H3,(H2,26,30)(H,27,31)(H,28,33)(H,29,32)/t16-,19-,20?/m0/s1. The molecule has 9 nitrogen and oxygen atoms in total. The van der Waals surface area contributed by atoms with Crippen LogP contribution in [-0.2, 0) is 25.6 Å². The number of hydrogen-bond donors (Lipinski definition) is 4. The zero-order valence-corrected chi connectivity index (χ0v) is 19.4. The van der Waals surface area contributed by atoms with E-state index in [1.165, 1.54) is 0 Å². The zero-order valence-electron chi connectivity index (χ0n) is 19.4. The first kappa shape index (κ1) is 23.8. The minimum absolute atomic E-state index is 0.127. The molecular weight excluding hydrogens is 436 g/mol. The van der Waals surface area contributed by atoms with Crippen molar-refractivity contribution in [1.82, 2.24) is 16.0 Å². The van der Waals surface area contributed by atoms with Crippen LogP contribution in [0.3, 0.4) is 0 Å². The predicted molar refractivity (Wildman–Crippen MR) is 125 cm³/mol. The van der Waals surface area contributed by atoms with E-state index in [1.807, 2.05) is 18.2 Å². The summed E-state index contributed by atoms with van der Waals surface area (Å²) >= 11 is 0. The second-order valence-corrected chi connectivity index (χ2v) is 9.41. The first-order chi connectivity index (χ1) is 16.4. The summed E-state index contributed by atoms with van der Waals surface area (Å²) in [6.45, 7) is 0.615. The number of rotatable bonds is 10. The quantitative estimate of drug-likeness (QED) is 0.402. The molecule has 0 bridgehead atoms. The van der Waals surface area contributed by atoms with Crippen molar-refractivity contribution in [3.05, 3.63) is 34.9 Å². The Kier molecular flexibility index (Phi) is 7.19. The molecule has 4 amide bonds. The molecule has 5 N–H and O–H groups in total. The molecule has 34 heavy (non-hydrogen) atoms. The monoisotopic (exact) mass is 468 g/mol. The highest BCUT2D eigenvalue weighted by molar-refractivity contribution is 6.03. The van der Waals surface area contributed by atoms with Crippen LogP contribution in [0.1, 0.15) is 49.7 Å². The number of hydrogen-bond acceptors (Lipinski definition) is 5. The van der Waals surface area contributed by atoms with Crippen LogP contribution in [0.25, 0.3) is 6.08 Å². The van der Waals surface area contributed by atoms with Gasteiger partial charge in [-0.1, -0.05) is 25.0 Å². The molecule has 3 aliphatic rings. The highest BCUT2D eigenvalue weighted by atomic mass is 16.5. The number of carbonyl (C=O) groups is 4. The summed E-state index contributed by atoms with van der Waals surface area (Å²) in [6.07, 6.45) is 6.37. The second kappa shape index (κ2) is 10.3. The molecule has 0 radical (unpaired) electrons. The maximum atomic E-state index is 13.1. The Morgan fingerprint density at radius 1 is 1.15 bits per heavy atom. The van der Waals surface area contributed by atoms with E-state index in [0.717, 1.165) is 30.4 Å². The number of carbonyl (C=O) groups excluding carboxylic acids is 4. The van der Waals surface area contributed by atoms with Crippen LogP contribution in [0.2, 0.25) is 0 Å². The Balaban J connectivity index is 1.42. The SMILES string of the molecule is COc1cccc2c1C=C(C(=O)NC(CC1CC1)C(=O)N[C@@H](C[C@@H]1CCCNC1=O)C(N)=O)C2.